The molecule has 4 aromatic rings. The number of nitrogens with zero attached hydrogens (tertiary/aromatic N) is 2. The van der Waals surface area contributed by atoms with E-state index in [1.54, 1.807) is 18.3 Å². The zero-order valence-electron chi connectivity index (χ0n) is 16.9. The maximum absolute atomic E-state index is 12.5. The Labute approximate surface area is 184 Å². The van der Waals surface area contributed by atoms with Gasteiger partial charge in [0, 0.05) is 18.9 Å². The first-order chi connectivity index (χ1) is 15.1. The van der Waals surface area contributed by atoms with Crippen molar-refractivity contribution in [3.63, 3.8) is 0 Å². The molecule has 0 radical (unpaired) electrons. The molecular formula is C24H21N3O3S. The normalized spacial score (nSPS) is 10.6. The second-order valence-corrected chi connectivity index (χ2v) is 7.98. The van der Waals surface area contributed by atoms with Crippen molar-refractivity contribution in [3.8, 4) is 11.1 Å². The molecule has 6 nitrogen and oxygen atoms in total. The highest BCUT2D eigenvalue weighted by Gasteiger charge is 2.14. The average Bonchev–Trinajstić information content (AvgIpc) is 3.50. The zero-order valence-corrected chi connectivity index (χ0v) is 17.8. The van der Waals surface area contributed by atoms with E-state index < -0.39 is 5.97 Å². The molecule has 0 saturated carbocycles. The number of ether oxygens (including phenoxy) is 1. The van der Waals surface area contributed by atoms with E-state index in [0.29, 0.717) is 16.3 Å². The lowest BCUT2D eigenvalue weighted by Gasteiger charge is -2.11. The molecule has 31 heavy (non-hydrogen) atoms. The Hall–Kier alpha value is -3.71. The lowest BCUT2D eigenvalue weighted by molar-refractivity contribution is 0.0606. The second kappa shape index (κ2) is 9.40. The number of rotatable bonds is 7. The first-order valence-electron chi connectivity index (χ1n) is 9.75. The molecule has 0 unspecified atom stereocenters. The number of carbonyl (C=O) groups is 2. The quantitative estimate of drug-likeness (QED) is 0.441. The standard InChI is InChI=1S/C24H21N3O3S/c1-30-24(29)22-12-11-21(31-22)23(28)25-15-19-5-2-3-6-20(19)18-9-7-17(8-10-18)16-27-14-4-13-26-27/h2-14H,15-16H2,1H3,(H,25,28). The SMILES string of the molecule is COC(=O)c1ccc(C(=O)NCc2ccccc2-c2ccc(Cn3cccn3)cc2)s1. The number of amides is 1. The van der Waals surface area contributed by atoms with E-state index in [1.165, 1.54) is 7.11 Å². The van der Waals surface area contributed by atoms with Crippen LogP contribution in [0.15, 0.2) is 79.1 Å². The Morgan fingerprint density at radius 3 is 2.52 bits per heavy atom. The van der Waals surface area contributed by atoms with Crippen LogP contribution in [0, 0.1) is 0 Å². The van der Waals surface area contributed by atoms with Crippen LogP contribution in [-0.2, 0) is 17.8 Å². The van der Waals surface area contributed by atoms with Crippen LogP contribution in [0.5, 0.6) is 0 Å². The minimum absolute atomic E-state index is 0.218. The summed E-state index contributed by atoms with van der Waals surface area (Å²) >= 11 is 1.12. The van der Waals surface area contributed by atoms with Crippen LogP contribution in [0.4, 0.5) is 0 Å². The predicted octanol–water partition coefficient (Wildman–Crippen LogP) is 4.38. The van der Waals surface area contributed by atoms with Crippen molar-refractivity contribution in [2.45, 2.75) is 13.1 Å². The van der Waals surface area contributed by atoms with Crippen molar-refractivity contribution in [3.05, 3.63) is 100 Å². The number of nitrogens with one attached hydrogen (secondary N) is 1. The number of methoxy groups -OCH3 is 1. The van der Waals surface area contributed by atoms with Gasteiger partial charge in [0.2, 0.25) is 0 Å². The molecule has 156 valence electrons. The number of aromatic nitrogens is 2. The molecule has 7 heteroatoms. The number of esters is 1. The molecule has 0 fully saturated rings. The molecular weight excluding hydrogens is 410 g/mol. The number of hydrogen-bond acceptors (Lipinski definition) is 5. The minimum atomic E-state index is -0.439. The minimum Gasteiger partial charge on any atom is -0.465 e. The van der Waals surface area contributed by atoms with E-state index in [4.69, 9.17) is 4.74 Å². The third kappa shape index (κ3) is 4.90. The molecule has 1 N–H and O–H groups in total. The molecule has 0 saturated heterocycles. The number of thiophene rings is 1. The molecule has 0 aliphatic rings. The van der Waals surface area contributed by atoms with Crippen LogP contribution in [-0.4, -0.2) is 28.8 Å². The van der Waals surface area contributed by atoms with E-state index in [-0.39, 0.29) is 5.91 Å². The van der Waals surface area contributed by atoms with E-state index >= 15 is 0 Å². The predicted molar refractivity (Wildman–Crippen MR) is 120 cm³/mol. The Kier molecular flexibility index (Phi) is 6.24. The summed E-state index contributed by atoms with van der Waals surface area (Å²) in [7, 11) is 1.32. The highest BCUT2D eigenvalue weighted by molar-refractivity contribution is 7.15. The Morgan fingerprint density at radius 2 is 1.77 bits per heavy atom. The first kappa shape index (κ1) is 20.6. The van der Waals surface area contributed by atoms with Gasteiger partial charge in [0.15, 0.2) is 0 Å². The Balaban J connectivity index is 1.45. The third-order valence-electron chi connectivity index (χ3n) is 4.84. The van der Waals surface area contributed by atoms with Gasteiger partial charge in [-0.25, -0.2) is 4.79 Å². The molecule has 0 aliphatic carbocycles. The van der Waals surface area contributed by atoms with Gasteiger partial charge in [0.25, 0.3) is 5.91 Å². The molecule has 2 aromatic heterocycles. The molecule has 4 rings (SSSR count). The summed E-state index contributed by atoms with van der Waals surface area (Å²) in [5, 5.41) is 7.18. The second-order valence-electron chi connectivity index (χ2n) is 6.90. The van der Waals surface area contributed by atoms with Crippen LogP contribution in [0.1, 0.15) is 30.5 Å². The maximum atomic E-state index is 12.5. The van der Waals surface area contributed by atoms with Crippen molar-refractivity contribution in [1.82, 2.24) is 15.1 Å². The molecule has 0 bridgehead atoms. The van der Waals surface area contributed by atoms with Gasteiger partial charge in [0.1, 0.15) is 4.88 Å². The van der Waals surface area contributed by atoms with E-state index in [1.807, 2.05) is 41.2 Å². The van der Waals surface area contributed by atoms with Crippen LogP contribution in [0.2, 0.25) is 0 Å². The smallest absolute Gasteiger partial charge is 0.348 e. The summed E-state index contributed by atoms with van der Waals surface area (Å²) in [5.41, 5.74) is 4.32. The first-order valence-corrected chi connectivity index (χ1v) is 10.6. The van der Waals surface area contributed by atoms with E-state index in [2.05, 4.69) is 34.7 Å². The monoisotopic (exact) mass is 431 g/mol. The fourth-order valence-corrected chi connectivity index (χ4v) is 4.10. The van der Waals surface area contributed by atoms with Crippen molar-refractivity contribution < 1.29 is 14.3 Å². The number of hydrogen-bond donors (Lipinski definition) is 1. The van der Waals surface area contributed by atoms with Gasteiger partial charge in [0.05, 0.1) is 18.5 Å². The Morgan fingerprint density at radius 1 is 1.00 bits per heavy atom. The summed E-state index contributed by atoms with van der Waals surface area (Å²) in [4.78, 5) is 25.0. The van der Waals surface area contributed by atoms with Gasteiger partial charge in [-0.05, 0) is 40.5 Å². The maximum Gasteiger partial charge on any atom is 0.348 e. The fourth-order valence-electron chi connectivity index (χ4n) is 3.26. The van der Waals surface area contributed by atoms with Crippen molar-refractivity contribution in [1.29, 1.82) is 0 Å². The van der Waals surface area contributed by atoms with Crippen LogP contribution in [0.3, 0.4) is 0 Å². The topological polar surface area (TPSA) is 73.2 Å². The molecule has 0 spiro atoms. The third-order valence-corrected chi connectivity index (χ3v) is 5.91. The van der Waals surface area contributed by atoms with Crippen molar-refractivity contribution in [2.24, 2.45) is 0 Å². The average molecular weight is 432 g/mol. The van der Waals surface area contributed by atoms with Gasteiger partial charge in [-0.1, -0.05) is 48.5 Å². The molecule has 0 atom stereocenters. The largest absolute Gasteiger partial charge is 0.465 e. The van der Waals surface area contributed by atoms with Gasteiger partial charge < -0.3 is 10.1 Å². The van der Waals surface area contributed by atoms with Crippen LogP contribution < -0.4 is 5.32 Å². The highest BCUT2D eigenvalue weighted by Crippen LogP contribution is 2.25. The molecule has 2 aromatic carbocycles. The zero-order chi connectivity index (χ0) is 21.6. The van der Waals surface area contributed by atoms with Crippen LogP contribution in [0.25, 0.3) is 11.1 Å². The summed E-state index contributed by atoms with van der Waals surface area (Å²) in [6.07, 6.45) is 3.71. The summed E-state index contributed by atoms with van der Waals surface area (Å²) in [5.74, 6) is -0.657. The van der Waals surface area contributed by atoms with Gasteiger partial charge in [-0.2, -0.15) is 5.10 Å². The van der Waals surface area contributed by atoms with Crippen LogP contribution >= 0.6 is 11.3 Å². The molecule has 1 amide bonds. The number of carbonyl (C=O) groups excluding carboxylic acids is 2. The molecule has 0 aliphatic heterocycles. The van der Waals surface area contributed by atoms with Gasteiger partial charge in [-0.3, -0.25) is 9.48 Å². The van der Waals surface area contributed by atoms with Crippen molar-refractivity contribution >= 4 is 23.2 Å². The van der Waals surface area contributed by atoms with E-state index in [0.717, 1.165) is 40.1 Å². The highest BCUT2D eigenvalue weighted by atomic mass is 32.1. The molecule has 2 heterocycles. The van der Waals surface area contributed by atoms with Gasteiger partial charge in [-0.15, -0.1) is 11.3 Å². The van der Waals surface area contributed by atoms with Crippen molar-refractivity contribution in [2.75, 3.05) is 7.11 Å². The van der Waals surface area contributed by atoms with E-state index in [9.17, 15) is 9.59 Å². The summed E-state index contributed by atoms with van der Waals surface area (Å²) in [6.45, 7) is 1.11. The lowest BCUT2D eigenvalue weighted by atomic mass is 9.98. The Bertz CT molecular complexity index is 1180. The fraction of sp³-hybridized carbons (Fsp3) is 0.125. The number of benzene rings is 2. The summed E-state index contributed by atoms with van der Waals surface area (Å²) < 4.78 is 6.58. The lowest BCUT2D eigenvalue weighted by Crippen LogP contribution is -2.22. The summed E-state index contributed by atoms with van der Waals surface area (Å²) in [6, 6.07) is 21.5. The van der Waals surface area contributed by atoms with Gasteiger partial charge >= 0.3 is 5.97 Å².